The highest BCUT2D eigenvalue weighted by Gasteiger charge is 2.51. The van der Waals surface area contributed by atoms with Gasteiger partial charge in [0.15, 0.2) is 0 Å². The number of carbonyl (C=O) groups is 2. The van der Waals surface area contributed by atoms with Gasteiger partial charge < -0.3 is 10.5 Å². The van der Waals surface area contributed by atoms with Crippen LogP contribution in [-0.4, -0.2) is 40.6 Å². The molecule has 0 aromatic rings. The van der Waals surface area contributed by atoms with Gasteiger partial charge in [0.2, 0.25) is 5.91 Å². The van der Waals surface area contributed by atoms with Gasteiger partial charge in [0.25, 0.3) is 0 Å². The number of fused-ring (bicyclic) bond motifs is 1. The van der Waals surface area contributed by atoms with Crippen LogP contribution in [0.2, 0.25) is 0 Å². The number of nitrogens with zero attached hydrogens (tertiary/aromatic N) is 1. The molecule has 1 saturated heterocycles. The van der Waals surface area contributed by atoms with Crippen LogP contribution in [0.1, 0.15) is 6.92 Å². The molecule has 0 spiro atoms. The van der Waals surface area contributed by atoms with Crippen molar-refractivity contribution in [3.05, 3.63) is 23.9 Å². The Morgan fingerprint density at radius 3 is 3.12 bits per heavy atom. The maximum atomic E-state index is 11.8. The summed E-state index contributed by atoms with van der Waals surface area (Å²) in [6.45, 7) is 5.44. The van der Waals surface area contributed by atoms with Crippen molar-refractivity contribution >= 4 is 23.6 Å². The molecule has 0 bridgehead atoms. The van der Waals surface area contributed by atoms with Gasteiger partial charge in [-0.05, 0) is 12.5 Å². The third-order valence-corrected chi connectivity index (χ3v) is 4.17. The number of esters is 1. The molecule has 2 aliphatic rings. The average molecular weight is 254 g/mol. The summed E-state index contributed by atoms with van der Waals surface area (Å²) < 4.78 is 4.98. The van der Waals surface area contributed by atoms with Crippen LogP contribution < -0.4 is 5.73 Å². The topological polar surface area (TPSA) is 72.6 Å². The molecule has 1 amide bonds. The molecule has 2 heterocycles. The zero-order chi connectivity index (χ0) is 12.6. The number of nitrogens with two attached hydrogens (primary N) is 1. The number of hydrogen-bond donors (Lipinski definition) is 1. The number of carbonyl (C=O) groups excluding carboxylic acids is 2. The SMILES string of the molecule is C=CCOC(=O)C1=C(C)CS[C@H]2C(N)C(=O)N12. The van der Waals surface area contributed by atoms with Crippen LogP contribution in [0.3, 0.4) is 0 Å². The minimum absolute atomic E-state index is 0.127. The zero-order valence-corrected chi connectivity index (χ0v) is 10.3. The van der Waals surface area contributed by atoms with Crippen LogP contribution in [0.15, 0.2) is 23.9 Å². The number of thioether (sulfide) groups is 1. The van der Waals surface area contributed by atoms with Gasteiger partial charge in [-0.2, -0.15) is 0 Å². The van der Waals surface area contributed by atoms with Gasteiger partial charge in [-0.3, -0.25) is 9.69 Å². The number of amides is 1. The molecular formula is C11H14N2O3S. The Morgan fingerprint density at radius 2 is 2.47 bits per heavy atom. The summed E-state index contributed by atoms with van der Waals surface area (Å²) >= 11 is 1.57. The van der Waals surface area contributed by atoms with E-state index in [2.05, 4.69) is 6.58 Å². The Bertz CT molecular complexity index is 419. The van der Waals surface area contributed by atoms with E-state index in [1.807, 2.05) is 6.92 Å². The number of rotatable bonds is 3. The first-order valence-electron chi connectivity index (χ1n) is 5.26. The van der Waals surface area contributed by atoms with Crippen molar-refractivity contribution in [2.75, 3.05) is 12.4 Å². The lowest BCUT2D eigenvalue weighted by Crippen LogP contribution is -2.68. The van der Waals surface area contributed by atoms with Gasteiger partial charge in [-0.25, -0.2) is 4.79 Å². The van der Waals surface area contributed by atoms with Crippen LogP contribution in [0.5, 0.6) is 0 Å². The highest BCUT2D eigenvalue weighted by Crippen LogP contribution is 2.39. The predicted octanol–water partition coefficient (Wildman–Crippen LogP) is 0.232. The van der Waals surface area contributed by atoms with Crippen molar-refractivity contribution in [3.8, 4) is 0 Å². The number of ether oxygens (including phenoxy) is 1. The van der Waals surface area contributed by atoms with Gasteiger partial charge in [0.1, 0.15) is 23.7 Å². The van der Waals surface area contributed by atoms with Crippen LogP contribution in [0.25, 0.3) is 0 Å². The summed E-state index contributed by atoms with van der Waals surface area (Å²) in [5.41, 5.74) is 6.88. The molecule has 0 aromatic heterocycles. The second-order valence-electron chi connectivity index (χ2n) is 3.95. The summed E-state index contributed by atoms with van der Waals surface area (Å²) in [4.78, 5) is 24.9. The molecule has 1 unspecified atom stereocenters. The number of hydrogen-bond acceptors (Lipinski definition) is 5. The molecule has 2 aliphatic heterocycles. The predicted molar refractivity (Wildman–Crippen MR) is 64.9 cm³/mol. The van der Waals surface area contributed by atoms with E-state index in [-0.39, 0.29) is 17.9 Å². The first-order chi connectivity index (χ1) is 8.07. The molecule has 0 radical (unpaired) electrons. The van der Waals surface area contributed by atoms with E-state index in [1.165, 1.54) is 11.0 Å². The molecule has 92 valence electrons. The fraction of sp³-hybridized carbons (Fsp3) is 0.455. The summed E-state index contributed by atoms with van der Waals surface area (Å²) in [5.74, 6) is 0.000713. The molecule has 0 saturated carbocycles. The van der Waals surface area contributed by atoms with Gasteiger partial charge >= 0.3 is 5.97 Å². The smallest absolute Gasteiger partial charge is 0.355 e. The Balaban J connectivity index is 2.21. The summed E-state index contributed by atoms with van der Waals surface area (Å²) in [6.07, 6.45) is 1.49. The van der Waals surface area contributed by atoms with Gasteiger partial charge in [0, 0.05) is 5.75 Å². The van der Waals surface area contributed by atoms with Crippen LogP contribution in [-0.2, 0) is 14.3 Å². The van der Waals surface area contributed by atoms with E-state index in [1.54, 1.807) is 11.8 Å². The maximum Gasteiger partial charge on any atom is 0.355 e. The largest absolute Gasteiger partial charge is 0.457 e. The van der Waals surface area contributed by atoms with E-state index in [0.29, 0.717) is 11.4 Å². The monoisotopic (exact) mass is 254 g/mol. The van der Waals surface area contributed by atoms with E-state index in [4.69, 9.17) is 10.5 Å². The molecule has 2 N–H and O–H groups in total. The highest BCUT2D eigenvalue weighted by atomic mass is 32.2. The Kier molecular flexibility index (Phi) is 3.26. The minimum Gasteiger partial charge on any atom is -0.457 e. The van der Waals surface area contributed by atoms with E-state index in [0.717, 1.165) is 5.57 Å². The molecule has 1 fully saturated rings. The van der Waals surface area contributed by atoms with Crippen molar-refractivity contribution in [1.29, 1.82) is 0 Å². The summed E-state index contributed by atoms with van der Waals surface area (Å²) in [5, 5.41) is -0.127. The standard InChI is InChI=1S/C11H14N2O3S/c1-3-4-16-11(15)8-6(2)5-17-10-7(12)9(14)13(8)10/h3,7,10H,1,4-5,12H2,2H3/t7?,10-/m0/s1. The lowest BCUT2D eigenvalue weighted by Gasteiger charge is -2.48. The highest BCUT2D eigenvalue weighted by molar-refractivity contribution is 8.00. The van der Waals surface area contributed by atoms with Gasteiger partial charge in [-0.1, -0.05) is 12.7 Å². The fourth-order valence-electron chi connectivity index (χ4n) is 1.86. The molecular weight excluding hydrogens is 240 g/mol. The lowest BCUT2D eigenvalue weighted by atomic mass is 10.0. The first kappa shape index (κ1) is 12.2. The van der Waals surface area contributed by atoms with Crippen molar-refractivity contribution in [3.63, 3.8) is 0 Å². The molecule has 5 nitrogen and oxygen atoms in total. The van der Waals surface area contributed by atoms with E-state index >= 15 is 0 Å². The van der Waals surface area contributed by atoms with Crippen LogP contribution in [0.4, 0.5) is 0 Å². The van der Waals surface area contributed by atoms with E-state index < -0.39 is 12.0 Å². The minimum atomic E-state index is -0.504. The molecule has 17 heavy (non-hydrogen) atoms. The third kappa shape index (κ3) is 1.87. The summed E-state index contributed by atoms with van der Waals surface area (Å²) in [7, 11) is 0. The molecule has 6 heteroatoms. The third-order valence-electron chi connectivity index (χ3n) is 2.73. The normalized spacial score (nSPS) is 27.4. The Hall–Kier alpha value is -1.27. The van der Waals surface area contributed by atoms with Crippen LogP contribution in [0, 0.1) is 0 Å². The number of β-lactam (4-membered cyclic amide) rings is 1. The summed E-state index contributed by atoms with van der Waals surface area (Å²) in [6, 6.07) is -0.504. The maximum absolute atomic E-state index is 11.8. The quantitative estimate of drug-likeness (QED) is 0.443. The lowest BCUT2D eigenvalue weighted by molar-refractivity contribution is -0.150. The molecule has 2 rings (SSSR count). The Labute approximate surface area is 104 Å². The van der Waals surface area contributed by atoms with Crippen LogP contribution >= 0.6 is 11.8 Å². The average Bonchev–Trinajstić information content (AvgIpc) is 2.34. The second-order valence-corrected chi connectivity index (χ2v) is 5.06. The van der Waals surface area contributed by atoms with Crippen molar-refractivity contribution < 1.29 is 14.3 Å². The molecule has 2 atom stereocenters. The second kappa shape index (κ2) is 4.54. The fourth-order valence-corrected chi connectivity index (χ4v) is 3.10. The molecule has 0 aliphatic carbocycles. The Morgan fingerprint density at radius 1 is 1.76 bits per heavy atom. The van der Waals surface area contributed by atoms with Gasteiger partial charge in [-0.15, -0.1) is 11.8 Å². The van der Waals surface area contributed by atoms with Crippen molar-refractivity contribution in [2.24, 2.45) is 5.73 Å². The zero-order valence-electron chi connectivity index (χ0n) is 9.51. The van der Waals surface area contributed by atoms with Gasteiger partial charge in [0.05, 0.1) is 0 Å². The van der Waals surface area contributed by atoms with Crippen molar-refractivity contribution in [2.45, 2.75) is 18.3 Å². The van der Waals surface area contributed by atoms with E-state index in [9.17, 15) is 9.59 Å². The first-order valence-corrected chi connectivity index (χ1v) is 6.30. The van der Waals surface area contributed by atoms with Crippen molar-refractivity contribution in [1.82, 2.24) is 4.90 Å². The molecule has 0 aromatic carbocycles.